The number of hydrogen-bond acceptors (Lipinski definition) is 5. The van der Waals surface area contributed by atoms with Gasteiger partial charge in [0.25, 0.3) is 5.91 Å². The van der Waals surface area contributed by atoms with Crippen LogP contribution in [0.2, 0.25) is 0 Å². The molecular weight excluding hydrogens is 322 g/mol. The maximum absolute atomic E-state index is 12.1. The molecule has 2 amide bonds. The first-order valence-corrected chi connectivity index (χ1v) is 8.34. The quantitative estimate of drug-likeness (QED) is 0.780. The Bertz CT molecular complexity index is 663. The first-order chi connectivity index (χ1) is 12.0. The topological polar surface area (TPSA) is 100 Å². The van der Waals surface area contributed by atoms with E-state index in [0.717, 1.165) is 25.7 Å². The Labute approximate surface area is 147 Å². The molecule has 0 saturated heterocycles. The van der Waals surface area contributed by atoms with E-state index in [1.165, 1.54) is 13.2 Å². The molecule has 1 aliphatic carbocycles. The molecule has 7 heteroatoms. The van der Waals surface area contributed by atoms with Crippen LogP contribution in [0.4, 0.5) is 0 Å². The molecule has 2 N–H and O–H groups in total. The molecule has 1 aliphatic rings. The van der Waals surface area contributed by atoms with Crippen molar-refractivity contribution in [1.82, 2.24) is 10.6 Å². The van der Waals surface area contributed by atoms with Crippen molar-refractivity contribution in [1.29, 1.82) is 5.26 Å². The third-order valence-corrected chi connectivity index (χ3v) is 4.12. The fraction of sp³-hybridized carbons (Fsp3) is 0.500. The smallest absolute Gasteiger partial charge is 0.258 e. The minimum absolute atomic E-state index is 0.184. The minimum Gasteiger partial charge on any atom is -0.493 e. The summed E-state index contributed by atoms with van der Waals surface area (Å²) >= 11 is 0. The molecule has 0 aromatic heterocycles. The third kappa shape index (κ3) is 5.38. The highest BCUT2D eigenvalue weighted by molar-refractivity contribution is 5.88. The lowest BCUT2D eigenvalue weighted by atomic mass is 10.2. The summed E-state index contributed by atoms with van der Waals surface area (Å²) < 4.78 is 10.6. The van der Waals surface area contributed by atoms with Crippen LogP contribution >= 0.6 is 0 Å². The van der Waals surface area contributed by atoms with E-state index in [4.69, 9.17) is 14.7 Å². The number of nitrogens with zero attached hydrogens (tertiary/aromatic N) is 1. The lowest BCUT2D eigenvalue weighted by molar-refractivity contribution is -0.130. The highest BCUT2D eigenvalue weighted by atomic mass is 16.5. The Kier molecular flexibility index (Phi) is 6.63. The van der Waals surface area contributed by atoms with Crippen molar-refractivity contribution in [3.05, 3.63) is 23.8 Å². The number of methoxy groups -OCH3 is 1. The second-order valence-electron chi connectivity index (χ2n) is 6.05. The molecule has 2 rings (SSSR count). The van der Waals surface area contributed by atoms with E-state index in [2.05, 4.69) is 10.6 Å². The highest BCUT2D eigenvalue weighted by Gasteiger charge is 2.21. The van der Waals surface area contributed by atoms with Crippen LogP contribution in [0, 0.1) is 11.3 Å². The van der Waals surface area contributed by atoms with Crippen LogP contribution in [0.5, 0.6) is 11.5 Å². The molecule has 0 aliphatic heterocycles. The van der Waals surface area contributed by atoms with Crippen molar-refractivity contribution >= 4 is 11.8 Å². The van der Waals surface area contributed by atoms with Gasteiger partial charge in [-0.25, -0.2) is 0 Å². The Hall–Kier alpha value is -2.75. The second kappa shape index (κ2) is 8.92. The zero-order chi connectivity index (χ0) is 18.2. The molecule has 1 unspecified atom stereocenters. The number of carbonyl (C=O) groups is 2. The van der Waals surface area contributed by atoms with E-state index >= 15 is 0 Å². The molecule has 7 nitrogen and oxygen atoms in total. The number of rotatable bonds is 7. The van der Waals surface area contributed by atoms with E-state index in [1.54, 1.807) is 19.1 Å². The summed E-state index contributed by atoms with van der Waals surface area (Å²) in [5, 5.41) is 14.4. The number of hydrogen-bond donors (Lipinski definition) is 2. The van der Waals surface area contributed by atoms with Gasteiger partial charge in [0.15, 0.2) is 18.1 Å². The van der Waals surface area contributed by atoms with E-state index in [1.807, 2.05) is 6.07 Å². The van der Waals surface area contributed by atoms with E-state index < -0.39 is 11.9 Å². The summed E-state index contributed by atoms with van der Waals surface area (Å²) in [6, 6.07) is 6.27. The molecule has 1 atom stereocenters. The minimum atomic E-state index is -0.625. The Morgan fingerprint density at radius 3 is 2.68 bits per heavy atom. The number of nitrogens with one attached hydrogen (secondary N) is 2. The van der Waals surface area contributed by atoms with Gasteiger partial charge in [0, 0.05) is 12.1 Å². The number of nitriles is 1. The first kappa shape index (κ1) is 18.6. The van der Waals surface area contributed by atoms with Gasteiger partial charge in [-0.2, -0.15) is 5.26 Å². The molecule has 1 saturated carbocycles. The van der Waals surface area contributed by atoms with Crippen LogP contribution in [0.25, 0.3) is 0 Å². The molecule has 134 valence electrons. The maximum atomic E-state index is 12.1. The molecule has 1 aromatic carbocycles. The van der Waals surface area contributed by atoms with Crippen LogP contribution in [0.3, 0.4) is 0 Å². The molecule has 0 spiro atoms. The van der Waals surface area contributed by atoms with Gasteiger partial charge in [-0.15, -0.1) is 0 Å². The van der Waals surface area contributed by atoms with E-state index in [9.17, 15) is 9.59 Å². The Morgan fingerprint density at radius 1 is 1.32 bits per heavy atom. The normalized spacial score (nSPS) is 15.1. The third-order valence-electron chi connectivity index (χ3n) is 4.12. The number of benzene rings is 1. The Balaban J connectivity index is 1.81. The zero-order valence-electron chi connectivity index (χ0n) is 14.5. The number of carbonyl (C=O) groups excluding carboxylic acids is 2. The molecule has 1 fully saturated rings. The monoisotopic (exact) mass is 345 g/mol. The standard InChI is InChI=1S/C18H23N3O4/c1-12(18(23)21-14-5-3-4-6-14)20-17(22)11-25-15-8-7-13(10-19)9-16(15)24-2/h7-9,12,14H,3-6,11H2,1-2H3,(H,20,22)(H,21,23). The average molecular weight is 345 g/mol. The fourth-order valence-electron chi connectivity index (χ4n) is 2.74. The summed E-state index contributed by atoms with van der Waals surface area (Å²) in [5.74, 6) is 0.148. The predicted octanol–water partition coefficient (Wildman–Crippen LogP) is 1.51. The van der Waals surface area contributed by atoms with E-state index in [0.29, 0.717) is 17.1 Å². The molecule has 0 radical (unpaired) electrons. The maximum Gasteiger partial charge on any atom is 0.258 e. The predicted molar refractivity (Wildman–Crippen MR) is 91.2 cm³/mol. The van der Waals surface area contributed by atoms with Gasteiger partial charge in [0.1, 0.15) is 6.04 Å². The van der Waals surface area contributed by atoms with Crippen molar-refractivity contribution in [3.8, 4) is 17.6 Å². The summed E-state index contributed by atoms with van der Waals surface area (Å²) in [5.41, 5.74) is 0.436. The number of amides is 2. The molecule has 0 bridgehead atoms. The molecule has 25 heavy (non-hydrogen) atoms. The first-order valence-electron chi connectivity index (χ1n) is 8.34. The second-order valence-corrected chi connectivity index (χ2v) is 6.05. The van der Waals surface area contributed by atoms with Crippen LogP contribution in [-0.4, -0.2) is 37.6 Å². The summed E-state index contributed by atoms with van der Waals surface area (Å²) in [6.07, 6.45) is 4.25. The van der Waals surface area contributed by atoms with Gasteiger partial charge < -0.3 is 20.1 Å². The molecular formula is C18H23N3O4. The van der Waals surface area contributed by atoms with Crippen molar-refractivity contribution in [2.45, 2.75) is 44.7 Å². The summed E-state index contributed by atoms with van der Waals surface area (Å²) in [4.78, 5) is 24.0. The summed E-state index contributed by atoms with van der Waals surface area (Å²) in [6.45, 7) is 1.40. The van der Waals surface area contributed by atoms with Crippen LogP contribution in [0.1, 0.15) is 38.2 Å². The SMILES string of the molecule is COc1cc(C#N)ccc1OCC(=O)NC(C)C(=O)NC1CCCC1. The zero-order valence-corrected chi connectivity index (χ0v) is 14.5. The van der Waals surface area contributed by atoms with Crippen LogP contribution < -0.4 is 20.1 Å². The van der Waals surface area contributed by atoms with Gasteiger partial charge in [0.05, 0.1) is 18.7 Å². The lowest BCUT2D eigenvalue weighted by Gasteiger charge is -2.18. The van der Waals surface area contributed by atoms with Gasteiger partial charge in [0.2, 0.25) is 5.91 Å². The average Bonchev–Trinajstić information content (AvgIpc) is 3.12. The van der Waals surface area contributed by atoms with Gasteiger partial charge in [-0.05, 0) is 31.9 Å². The molecule has 0 heterocycles. The fourth-order valence-corrected chi connectivity index (χ4v) is 2.74. The van der Waals surface area contributed by atoms with Crippen molar-refractivity contribution in [2.75, 3.05) is 13.7 Å². The highest BCUT2D eigenvalue weighted by Crippen LogP contribution is 2.27. The van der Waals surface area contributed by atoms with Crippen molar-refractivity contribution in [3.63, 3.8) is 0 Å². The van der Waals surface area contributed by atoms with Crippen LogP contribution in [0.15, 0.2) is 18.2 Å². The van der Waals surface area contributed by atoms with Crippen molar-refractivity contribution in [2.24, 2.45) is 0 Å². The van der Waals surface area contributed by atoms with Crippen molar-refractivity contribution < 1.29 is 19.1 Å². The molecule has 1 aromatic rings. The largest absolute Gasteiger partial charge is 0.493 e. The lowest BCUT2D eigenvalue weighted by Crippen LogP contribution is -2.48. The van der Waals surface area contributed by atoms with Gasteiger partial charge >= 0.3 is 0 Å². The van der Waals surface area contributed by atoms with Gasteiger partial charge in [-0.3, -0.25) is 9.59 Å². The van der Waals surface area contributed by atoms with Crippen LogP contribution in [-0.2, 0) is 9.59 Å². The Morgan fingerprint density at radius 2 is 2.04 bits per heavy atom. The van der Waals surface area contributed by atoms with Gasteiger partial charge in [-0.1, -0.05) is 12.8 Å². The van der Waals surface area contributed by atoms with E-state index in [-0.39, 0.29) is 18.6 Å². The number of ether oxygens (including phenoxy) is 2. The summed E-state index contributed by atoms with van der Waals surface area (Å²) in [7, 11) is 1.46.